The quantitative estimate of drug-likeness (QED) is 0.783. The molecular weight excluding hydrogens is 362 g/mol. The Morgan fingerprint density at radius 3 is 2.61 bits per heavy atom. The SMILES string of the molecule is Cc1c(C(=O)N(C)Cc2ccc(OCC(=O)O)cc2)cnn1C1CCOCC1. The Labute approximate surface area is 163 Å². The summed E-state index contributed by atoms with van der Waals surface area (Å²) in [6.45, 7) is 3.42. The highest BCUT2D eigenvalue weighted by molar-refractivity contribution is 5.94. The van der Waals surface area contributed by atoms with E-state index in [9.17, 15) is 9.59 Å². The molecule has 8 heteroatoms. The molecule has 2 aromatic rings. The molecule has 1 aromatic heterocycles. The van der Waals surface area contributed by atoms with Crippen LogP contribution in [0.4, 0.5) is 0 Å². The first-order valence-corrected chi connectivity index (χ1v) is 9.26. The van der Waals surface area contributed by atoms with Gasteiger partial charge in [-0.25, -0.2) is 4.79 Å². The molecule has 150 valence electrons. The standard InChI is InChI=1S/C20H25N3O5/c1-14-18(11-21-23(14)16-7-9-27-10-8-16)20(26)22(2)12-15-3-5-17(6-4-15)28-13-19(24)25/h3-6,11,16H,7-10,12-13H2,1-2H3,(H,24,25). The van der Waals surface area contributed by atoms with Crippen LogP contribution in [-0.4, -0.2) is 58.5 Å². The number of aromatic nitrogens is 2. The number of carboxylic acids is 1. The summed E-state index contributed by atoms with van der Waals surface area (Å²) in [5, 5.41) is 13.1. The van der Waals surface area contributed by atoms with Crippen LogP contribution < -0.4 is 4.74 Å². The van der Waals surface area contributed by atoms with Gasteiger partial charge in [0.15, 0.2) is 6.61 Å². The van der Waals surface area contributed by atoms with Gasteiger partial charge >= 0.3 is 5.97 Å². The molecule has 0 saturated carbocycles. The zero-order valence-electron chi connectivity index (χ0n) is 16.1. The van der Waals surface area contributed by atoms with Gasteiger partial charge in [0.1, 0.15) is 5.75 Å². The van der Waals surface area contributed by atoms with Crippen LogP contribution in [0.1, 0.15) is 40.5 Å². The van der Waals surface area contributed by atoms with Crippen LogP contribution >= 0.6 is 0 Å². The lowest BCUT2D eigenvalue weighted by molar-refractivity contribution is -0.139. The number of hydrogen-bond donors (Lipinski definition) is 1. The van der Waals surface area contributed by atoms with Crippen molar-refractivity contribution in [1.29, 1.82) is 0 Å². The first kappa shape index (κ1) is 19.9. The first-order chi connectivity index (χ1) is 13.5. The molecule has 1 aliphatic rings. The highest BCUT2D eigenvalue weighted by atomic mass is 16.5. The molecule has 1 amide bonds. The molecule has 28 heavy (non-hydrogen) atoms. The van der Waals surface area contributed by atoms with E-state index in [1.807, 2.05) is 23.7 Å². The van der Waals surface area contributed by atoms with Gasteiger partial charge in [0.2, 0.25) is 0 Å². The van der Waals surface area contributed by atoms with Crippen LogP contribution in [0.2, 0.25) is 0 Å². The van der Waals surface area contributed by atoms with Crippen LogP contribution in [0.25, 0.3) is 0 Å². The second-order valence-electron chi connectivity index (χ2n) is 6.92. The number of carboxylic acid groups (broad SMARTS) is 1. The van der Waals surface area contributed by atoms with E-state index in [2.05, 4.69) is 5.10 Å². The van der Waals surface area contributed by atoms with E-state index in [4.69, 9.17) is 14.6 Å². The Kier molecular flexibility index (Phi) is 6.30. The second-order valence-corrected chi connectivity index (χ2v) is 6.92. The Morgan fingerprint density at radius 2 is 1.96 bits per heavy atom. The molecule has 0 spiro atoms. The van der Waals surface area contributed by atoms with Gasteiger partial charge in [0, 0.05) is 32.5 Å². The first-order valence-electron chi connectivity index (χ1n) is 9.26. The number of hydrogen-bond acceptors (Lipinski definition) is 5. The van der Waals surface area contributed by atoms with Crippen LogP contribution in [0.15, 0.2) is 30.5 Å². The van der Waals surface area contributed by atoms with Gasteiger partial charge in [-0.05, 0) is 37.5 Å². The molecule has 0 radical (unpaired) electrons. The van der Waals surface area contributed by atoms with Crippen molar-refractivity contribution in [1.82, 2.24) is 14.7 Å². The van der Waals surface area contributed by atoms with Crippen molar-refractivity contribution in [3.05, 3.63) is 47.3 Å². The van der Waals surface area contributed by atoms with Crippen LogP contribution in [0.5, 0.6) is 5.75 Å². The summed E-state index contributed by atoms with van der Waals surface area (Å²) < 4.78 is 12.5. The van der Waals surface area contributed by atoms with E-state index in [1.165, 1.54) is 0 Å². The Hall–Kier alpha value is -2.87. The van der Waals surface area contributed by atoms with Crippen molar-refractivity contribution in [2.75, 3.05) is 26.9 Å². The number of benzene rings is 1. The highest BCUT2D eigenvalue weighted by Gasteiger charge is 2.23. The maximum Gasteiger partial charge on any atom is 0.341 e. The minimum Gasteiger partial charge on any atom is -0.482 e. The third kappa shape index (κ3) is 4.69. The van der Waals surface area contributed by atoms with Gasteiger partial charge in [0.25, 0.3) is 5.91 Å². The predicted molar refractivity (Wildman–Crippen MR) is 101 cm³/mol. The lowest BCUT2D eigenvalue weighted by Gasteiger charge is -2.24. The number of carbonyl (C=O) groups excluding carboxylic acids is 1. The smallest absolute Gasteiger partial charge is 0.341 e. The lowest BCUT2D eigenvalue weighted by Crippen LogP contribution is -2.27. The largest absolute Gasteiger partial charge is 0.482 e. The summed E-state index contributed by atoms with van der Waals surface area (Å²) in [5.41, 5.74) is 2.41. The van der Waals surface area contributed by atoms with Crippen molar-refractivity contribution in [2.45, 2.75) is 32.4 Å². The van der Waals surface area contributed by atoms with E-state index in [1.54, 1.807) is 30.3 Å². The minimum atomic E-state index is -1.02. The van der Waals surface area contributed by atoms with Gasteiger partial charge < -0.3 is 19.5 Å². The molecule has 0 unspecified atom stereocenters. The van der Waals surface area contributed by atoms with Gasteiger partial charge in [0.05, 0.1) is 17.8 Å². The van der Waals surface area contributed by atoms with Crippen molar-refractivity contribution in [2.24, 2.45) is 0 Å². The van der Waals surface area contributed by atoms with Crippen molar-refractivity contribution < 1.29 is 24.2 Å². The number of ether oxygens (including phenoxy) is 2. The zero-order chi connectivity index (χ0) is 20.1. The number of carbonyl (C=O) groups is 2. The number of aliphatic carboxylic acids is 1. The molecular formula is C20H25N3O5. The molecule has 0 bridgehead atoms. The Balaban J connectivity index is 1.63. The highest BCUT2D eigenvalue weighted by Crippen LogP contribution is 2.24. The van der Waals surface area contributed by atoms with E-state index < -0.39 is 5.97 Å². The third-order valence-electron chi connectivity index (χ3n) is 4.86. The monoisotopic (exact) mass is 387 g/mol. The summed E-state index contributed by atoms with van der Waals surface area (Å²) in [7, 11) is 1.75. The average Bonchev–Trinajstić information content (AvgIpc) is 3.08. The normalized spacial score (nSPS) is 14.6. The fourth-order valence-electron chi connectivity index (χ4n) is 3.32. The molecule has 1 aliphatic heterocycles. The molecule has 0 aliphatic carbocycles. The molecule has 1 fully saturated rings. The molecule has 1 aromatic carbocycles. The molecule has 1 N–H and O–H groups in total. The van der Waals surface area contributed by atoms with Crippen LogP contribution in [-0.2, 0) is 16.1 Å². The summed E-state index contributed by atoms with van der Waals surface area (Å²) in [5.74, 6) is -0.623. The van der Waals surface area contributed by atoms with E-state index in [-0.39, 0.29) is 18.6 Å². The topological polar surface area (TPSA) is 93.9 Å². The van der Waals surface area contributed by atoms with Crippen molar-refractivity contribution in [3.63, 3.8) is 0 Å². The second kappa shape index (κ2) is 8.88. The van der Waals surface area contributed by atoms with Crippen LogP contribution in [0, 0.1) is 6.92 Å². The van der Waals surface area contributed by atoms with Gasteiger partial charge in [-0.15, -0.1) is 0 Å². The van der Waals surface area contributed by atoms with Gasteiger partial charge in [-0.1, -0.05) is 12.1 Å². The summed E-state index contributed by atoms with van der Waals surface area (Å²) in [6, 6.07) is 7.31. The average molecular weight is 387 g/mol. The van der Waals surface area contributed by atoms with E-state index in [0.29, 0.717) is 17.9 Å². The number of rotatable bonds is 7. The molecule has 2 heterocycles. The summed E-state index contributed by atoms with van der Waals surface area (Å²) in [4.78, 5) is 25.1. The Bertz CT molecular complexity index is 825. The van der Waals surface area contributed by atoms with Crippen molar-refractivity contribution >= 4 is 11.9 Å². The molecule has 8 nitrogen and oxygen atoms in total. The van der Waals surface area contributed by atoms with Gasteiger partial charge in [-0.2, -0.15) is 5.10 Å². The molecule has 1 saturated heterocycles. The Morgan fingerprint density at radius 1 is 1.29 bits per heavy atom. The fraction of sp³-hybridized carbons (Fsp3) is 0.450. The third-order valence-corrected chi connectivity index (χ3v) is 4.86. The summed E-state index contributed by atoms with van der Waals surface area (Å²) >= 11 is 0. The van der Waals surface area contributed by atoms with Crippen LogP contribution in [0.3, 0.4) is 0 Å². The van der Waals surface area contributed by atoms with Crippen molar-refractivity contribution in [3.8, 4) is 5.75 Å². The molecule has 0 atom stereocenters. The fourth-order valence-corrected chi connectivity index (χ4v) is 3.32. The maximum absolute atomic E-state index is 12.9. The summed E-state index contributed by atoms with van der Waals surface area (Å²) in [6.07, 6.45) is 3.46. The number of amides is 1. The van der Waals surface area contributed by atoms with E-state index >= 15 is 0 Å². The predicted octanol–water partition coefficient (Wildman–Crippen LogP) is 2.28. The van der Waals surface area contributed by atoms with E-state index in [0.717, 1.165) is 37.3 Å². The zero-order valence-corrected chi connectivity index (χ0v) is 16.1. The minimum absolute atomic E-state index is 0.0815. The van der Waals surface area contributed by atoms with Gasteiger partial charge in [-0.3, -0.25) is 9.48 Å². The molecule has 3 rings (SSSR count). The maximum atomic E-state index is 12.9. The number of nitrogens with zero attached hydrogens (tertiary/aromatic N) is 3. The lowest BCUT2D eigenvalue weighted by atomic mass is 10.1.